The fourth-order valence-electron chi connectivity index (χ4n) is 2.46. The monoisotopic (exact) mass is 271 g/mol. The Kier molecular flexibility index (Phi) is 3.14. The molecule has 3 rings (SSSR count). The number of amides is 1. The van der Waals surface area contributed by atoms with Crippen molar-refractivity contribution in [2.75, 3.05) is 18.6 Å². The van der Waals surface area contributed by atoms with Crippen LogP contribution >= 0.6 is 0 Å². The van der Waals surface area contributed by atoms with E-state index in [1.165, 1.54) is 24.3 Å². The van der Waals surface area contributed by atoms with Crippen LogP contribution in [-0.4, -0.2) is 19.6 Å². The van der Waals surface area contributed by atoms with Gasteiger partial charge in [0.15, 0.2) is 0 Å². The van der Waals surface area contributed by atoms with Gasteiger partial charge >= 0.3 is 0 Å². The summed E-state index contributed by atoms with van der Waals surface area (Å²) in [6.07, 6.45) is 0.805. The largest absolute Gasteiger partial charge is 0.497 e. The number of carbonyl (C=O) groups excluding carboxylic acids is 1. The minimum atomic E-state index is -0.340. The Hall–Kier alpha value is -2.36. The highest BCUT2D eigenvalue weighted by molar-refractivity contribution is 6.07. The Morgan fingerprint density at radius 2 is 1.95 bits per heavy atom. The molecule has 0 N–H and O–H groups in total. The lowest BCUT2D eigenvalue weighted by Crippen LogP contribution is -2.28. The van der Waals surface area contributed by atoms with Crippen molar-refractivity contribution in [3.63, 3.8) is 0 Å². The van der Waals surface area contributed by atoms with Crippen LogP contribution in [0.25, 0.3) is 0 Å². The lowest BCUT2D eigenvalue weighted by atomic mass is 10.1. The molecule has 3 nitrogen and oxygen atoms in total. The molecular weight excluding hydrogens is 257 g/mol. The van der Waals surface area contributed by atoms with Gasteiger partial charge in [0, 0.05) is 17.8 Å². The number of halogens is 1. The average Bonchev–Trinajstić information content (AvgIpc) is 2.90. The molecule has 1 heterocycles. The van der Waals surface area contributed by atoms with E-state index in [4.69, 9.17) is 4.74 Å². The van der Waals surface area contributed by atoms with Gasteiger partial charge < -0.3 is 9.64 Å². The van der Waals surface area contributed by atoms with Gasteiger partial charge in [-0.1, -0.05) is 0 Å². The van der Waals surface area contributed by atoms with Crippen LogP contribution in [0.4, 0.5) is 10.1 Å². The summed E-state index contributed by atoms with van der Waals surface area (Å²) < 4.78 is 18.1. The number of carbonyl (C=O) groups is 1. The van der Waals surface area contributed by atoms with Gasteiger partial charge in [-0.15, -0.1) is 0 Å². The normalized spacial score (nSPS) is 13.2. The first-order chi connectivity index (χ1) is 9.69. The number of anilines is 1. The molecule has 0 bridgehead atoms. The number of fused-ring (bicyclic) bond motifs is 1. The Labute approximate surface area is 116 Å². The minimum absolute atomic E-state index is 0.103. The molecule has 0 unspecified atom stereocenters. The Morgan fingerprint density at radius 1 is 1.20 bits per heavy atom. The first kappa shape index (κ1) is 12.7. The van der Waals surface area contributed by atoms with E-state index in [2.05, 4.69) is 0 Å². The molecule has 0 atom stereocenters. The standard InChI is InChI=1S/C16H14FNO2/c1-20-14-6-7-15-12(10-14)8-9-18(15)16(19)11-2-4-13(17)5-3-11/h2-7,10H,8-9H2,1H3. The maximum atomic E-state index is 12.9. The van der Waals surface area contributed by atoms with Crippen LogP contribution in [0.1, 0.15) is 15.9 Å². The Bertz CT molecular complexity index is 652. The molecule has 0 fully saturated rings. The predicted molar refractivity (Wildman–Crippen MR) is 74.8 cm³/mol. The number of rotatable bonds is 2. The van der Waals surface area contributed by atoms with Crippen molar-refractivity contribution in [3.05, 3.63) is 59.4 Å². The highest BCUT2D eigenvalue weighted by atomic mass is 19.1. The summed E-state index contributed by atoms with van der Waals surface area (Å²) in [5.74, 6) is 0.349. The van der Waals surface area contributed by atoms with Gasteiger partial charge in [-0.2, -0.15) is 0 Å². The first-order valence-corrected chi connectivity index (χ1v) is 6.43. The molecule has 0 saturated heterocycles. The van der Waals surface area contributed by atoms with E-state index in [1.807, 2.05) is 18.2 Å². The van der Waals surface area contributed by atoms with Crippen molar-refractivity contribution in [2.45, 2.75) is 6.42 Å². The highest BCUT2D eigenvalue weighted by Gasteiger charge is 2.25. The van der Waals surface area contributed by atoms with Gasteiger partial charge in [0.2, 0.25) is 0 Å². The SMILES string of the molecule is COc1ccc2c(c1)CCN2C(=O)c1ccc(F)cc1. The summed E-state index contributed by atoms with van der Waals surface area (Å²) in [5, 5.41) is 0. The molecule has 2 aromatic rings. The fraction of sp³-hybridized carbons (Fsp3) is 0.188. The maximum absolute atomic E-state index is 12.9. The van der Waals surface area contributed by atoms with Gasteiger partial charge in [-0.05, 0) is 54.4 Å². The lowest BCUT2D eigenvalue weighted by Gasteiger charge is -2.17. The molecule has 0 aliphatic carbocycles. The molecule has 0 aromatic heterocycles. The third kappa shape index (κ3) is 2.13. The number of benzene rings is 2. The second-order valence-corrected chi connectivity index (χ2v) is 4.71. The zero-order valence-electron chi connectivity index (χ0n) is 11.1. The van der Waals surface area contributed by atoms with Crippen molar-refractivity contribution in [2.24, 2.45) is 0 Å². The van der Waals surface area contributed by atoms with E-state index in [1.54, 1.807) is 12.0 Å². The summed E-state index contributed by atoms with van der Waals surface area (Å²) in [5.41, 5.74) is 2.50. The van der Waals surface area contributed by atoms with Crippen LogP contribution < -0.4 is 9.64 Å². The number of methoxy groups -OCH3 is 1. The van der Waals surface area contributed by atoms with Crippen LogP contribution in [0, 0.1) is 5.82 Å². The summed E-state index contributed by atoms with van der Waals surface area (Å²) in [6.45, 7) is 0.638. The number of hydrogen-bond acceptors (Lipinski definition) is 2. The van der Waals surface area contributed by atoms with E-state index in [-0.39, 0.29) is 11.7 Å². The van der Waals surface area contributed by atoms with Crippen molar-refractivity contribution in [3.8, 4) is 5.75 Å². The van der Waals surface area contributed by atoms with Crippen LogP contribution in [0.3, 0.4) is 0 Å². The lowest BCUT2D eigenvalue weighted by molar-refractivity contribution is 0.0989. The Balaban J connectivity index is 1.91. The quantitative estimate of drug-likeness (QED) is 0.840. The molecule has 20 heavy (non-hydrogen) atoms. The van der Waals surface area contributed by atoms with E-state index in [0.717, 1.165) is 23.4 Å². The summed E-state index contributed by atoms with van der Waals surface area (Å²) >= 11 is 0. The second-order valence-electron chi connectivity index (χ2n) is 4.71. The van der Waals surface area contributed by atoms with Crippen LogP contribution in [0.15, 0.2) is 42.5 Å². The highest BCUT2D eigenvalue weighted by Crippen LogP contribution is 2.32. The molecule has 102 valence electrons. The van der Waals surface area contributed by atoms with E-state index in [9.17, 15) is 9.18 Å². The smallest absolute Gasteiger partial charge is 0.258 e. The number of hydrogen-bond donors (Lipinski definition) is 0. The topological polar surface area (TPSA) is 29.5 Å². The van der Waals surface area contributed by atoms with E-state index >= 15 is 0 Å². The zero-order chi connectivity index (χ0) is 14.1. The van der Waals surface area contributed by atoms with Crippen LogP contribution in [0.2, 0.25) is 0 Å². The summed E-state index contributed by atoms with van der Waals surface area (Å²) in [4.78, 5) is 14.2. The van der Waals surface area contributed by atoms with Crippen molar-refractivity contribution in [1.82, 2.24) is 0 Å². The molecule has 1 amide bonds. The third-order valence-electron chi connectivity index (χ3n) is 3.52. The van der Waals surface area contributed by atoms with E-state index in [0.29, 0.717) is 12.1 Å². The molecule has 1 aliphatic rings. The van der Waals surface area contributed by atoms with Gasteiger partial charge in [0.1, 0.15) is 11.6 Å². The first-order valence-electron chi connectivity index (χ1n) is 6.43. The molecule has 0 saturated carbocycles. The average molecular weight is 271 g/mol. The summed E-state index contributed by atoms with van der Waals surface area (Å²) in [6, 6.07) is 11.3. The number of ether oxygens (including phenoxy) is 1. The predicted octanol–water partition coefficient (Wildman–Crippen LogP) is 3.04. The van der Waals surface area contributed by atoms with Crippen LogP contribution in [0.5, 0.6) is 5.75 Å². The number of nitrogens with zero attached hydrogens (tertiary/aromatic N) is 1. The molecular formula is C16H14FNO2. The molecule has 4 heteroatoms. The maximum Gasteiger partial charge on any atom is 0.258 e. The Morgan fingerprint density at radius 3 is 2.65 bits per heavy atom. The molecule has 0 spiro atoms. The zero-order valence-corrected chi connectivity index (χ0v) is 11.1. The van der Waals surface area contributed by atoms with Crippen molar-refractivity contribution in [1.29, 1.82) is 0 Å². The van der Waals surface area contributed by atoms with E-state index < -0.39 is 0 Å². The van der Waals surface area contributed by atoms with Gasteiger partial charge in [0.25, 0.3) is 5.91 Å². The van der Waals surface area contributed by atoms with Gasteiger partial charge in [-0.3, -0.25) is 4.79 Å². The third-order valence-corrected chi connectivity index (χ3v) is 3.52. The molecule has 0 radical (unpaired) electrons. The minimum Gasteiger partial charge on any atom is -0.497 e. The van der Waals surface area contributed by atoms with Gasteiger partial charge in [0.05, 0.1) is 7.11 Å². The fourth-order valence-corrected chi connectivity index (χ4v) is 2.46. The van der Waals surface area contributed by atoms with Crippen molar-refractivity contribution >= 4 is 11.6 Å². The molecule has 1 aliphatic heterocycles. The summed E-state index contributed by atoms with van der Waals surface area (Å²) in [7, 11) is 1.62. The van der Waals surface area contributed by atoms with Gasteiger partial charge in [-0.25, -0.2) is 4.39 Å². The van der Waals surface area contributed by atoms with Crippen LogP contribution in [-0.2, 0) is 6.42 Å². The molecule has 2 aromatic carbocycles. The second kappa shape index (κ2) is 4.96. The van der Waals surface area contributed by atoms with Crippen molar-refractivity contribution < 1.29 is 13.9 Å².